The predicted molar refractivity (Wildman–Crippen MR) is 62.7 cm³/mol. The fraction of sp³-hybridized carbons (Fsp3) is 0.154. The number of aromatic nitrogens is 1. The van der Waals surface area contributed by atoms with Gasteiger partial charge in [-0.1, -0.05) is 18.2 Å². The van der Waals surface area contributed by atoms with Gasteiger partial charge in [0.2, 0.25) is 0 Å². The van der Waals surface area contributed by atoms with Crippen molar-refractivity contribution in [1.29, 1.82) is 0 Å². The summed E-state index contributed by atoms with van der Waals surface area (Å²) in [5.41, 5.74) is 0.938. The molecule has 0 aliphatic heterocycles. The van der Waals surface area contributed by atoms with Crippen molar-refractivity contribution in [3.05, 3.63) is 60.0 Å². The van der Waals surface area contributed by atoms with Gasteiger partial charge in [-0.25, -0.2) is 9.37 Å². The molecular weight excluding hydrogens is 203 g/mol. The summed E-state index contributed by atoms with van der Waals surface area (Å²) in [5, 5.41) is 0. The molecule has 2 nitrogen and oxygen atoms in total. The molecule has 0 bridgehead atoms. The van der Waals surface area contributed by atoms with E-state index in [-0.39, 0.29) is 5.82 Å². The highest BCUT2D eigenvalue weighted by molar-refractivity contribution is 5.37. The van der Waals surface area contributed by atoms with Crippen molar-refractivity contribution in [3.63, 3.8) is 0 Å². The van der Waals surface area contributed by atoms with Gasteiger partial charge < -0.3 is 4.90 Å². The zero-order chi connectivity index (χ0) is 11.4. The molecule has 1 aromatic carbocycles. The lowest BCUT2D eigenvalue weighted by Crippen LogP contribution is -2.17. The van der Waals surface area contributed by atoms with Crippen molar-refractivity contribution in [2.75, 3.05) is 11.9 Å². The lowest BCUT2D eigenvalue weighted by atomic mass is 10.2. The van der Waals surface area contributed by atoms with Crippen LogP contribution in [0.25, 0.3) is 0 Å². The van der Waals surface area contributed by atoms with E-state index in [1.165, 1.54) is 6.07 Å². The SMILES string of the molecule is CN(Cc1cccc(F)c1)c1ccccn1. The third kappa shape index (κ3) is 2.57. The molecule has 0 N–H and O–H groups in total. The van der Waals surface area contributed by atoms with Gasteiger partial charge in [0.1, 0.15) is 11.6 Å². The maximum atomic E-state index is 13.0. The third-order valence-corrected chi connectivity index (χ3v) is 2.35. The van der Waals surface area contributed by atoms with E-state index >= 15 is 0 Å². The van der Waals surface area contributed by atoms with E-state index < -0.39 is 0 Å². The Hall–Kier alpha value is -1.90. The monoisotopic (exact) mass is 216 g/mol. The number of anilines is 1. The summed E-state index contributed by atoms with van der Waals surface area (Å²) in [6.07, 6.45) is 1.75. The van der Waals surface area contributed by atoms with E-state index in [1.807, 2.05) is 36.2 Å². The maximum Gasteiger partial charge on any atom is 0.128 e. The fourth-order valence-corrected chi connectivity index (χ4v) is 1.57. The molecule has 0 saturated carbocycles. The highest BCUT2D eigenvalue weighted by Gasteiger charge is 2.02. The summed E-state index contributed by atoms with van der Waals surface area (Å²) in [7, 11) is 1.94. The summed E-state index contributed by atoms with van der Waals surface area (Å²) in [6.45, 7) is 0.648. The normalized spacial score (nSPS) is 10.1. The van der Waals surface area contributed by atoms with Crippen LogP contribution >= 0.6 is 0 Å². The molecule has 16 heavy (non-hydrogen) atoms. The Labute approximate surface area is 94.4 Å². The Balaban J connectivity index is 2.11. The molecule has 2 rings (SSSR count). The smallest absolute Gasteiger partial charge is 0.128 e. The first-order chi connectivity index (χ1) is 7.75. The number of hydrogen-bond acceptors (Lipinski definition) is 2. The first kappa shape index (κ1) is 10.6. The second kappa shape index (κ2) is 4.75. The Morgan fingerprint density at radius 1 is 1.19 bits per heavy atom. The van der Waals surface area contributed by atoms with Gasteiger partial charge in [-0.3, -0.25) is 0 Å². The molecule has 0 saturated heterocycles. The molecule has 0 aliphatic rings. The largest absolute Gasteiger partial charge is 0.355 e. The quantitative estimate of drug-likeness (QED) is 0.784. The number of benzene rings is 1. The van der Waals surface area contributed by atoms with Crippen molar-refractivity contribution in [3.8, 4) is 0 Å². The van der Waals surface area contributed by atoms with Crippen molar-refractivity contribution < 1.29 is 4.39 Å². The van der Waals surface area contributed by atoms with Crippen molar-refractivity contribution >= 4 is 5.82 Å². The number of halogens is 1. The van der Waals surface area contributed by atoms with Gasteiger partial charge in [0.15, 0.2) is 0 Å². The van der Waals surface area contributed by atoms with E-state index in [4.69, 9.17) is 0 Å². The van der Waals surface area contributed by atoms with E-state index in [2.05, 4.69) is 4.98 Å². The van der Waals surface area contributed by atoms with Crippen LogP contribution < -0.4 is 4.90 Å². The van der Waals surface area contributed by atoms with Gasteiger partial charge >= 0.3 is 0 Å². The van der Waals surface area contributed by atoms with Crippen LogP contribution in [0.1, 0.15) is 5.56 Å². The van der Waals surface area contributed by atoms with Gasteiger partial charge in [-0.05, 0) is 29.8 Å². The Morgan fingerprint density at radius 2 is 2.06 bits per heavy atom. The first-order valence-corrected chi connectivity index (χ1v) is 5.12. The number of hydrogen-bond donors (Lipinski definition) is 0. The minimum atomic E-state index is -0.202. The number of rotatable bonds is 3. The predicted octanol–water partition coefficient (Wildman–Crippen LogP) is 2.86. The zero-order valence-electron chi connectivity index (χ0n) is 9.10. The molecule has 1 heterocycles. The van der Waals surface area contributed by atoms with Crippen LogP contribution in [0.5, 0.6) is 0 Å². The molecule has 0 fully saturated rings. The fourth-order valence-electron chi connectivity index (χ4n) is 1.57. The standard InChI is InChI=1S/C13H13FN2/c1-16(13-7-2-3-8-15-13)10-11-5-4-6-12(14)9-11/h2-9H,10H2,1H3. The van der Waals surface area contributed by atoms with Crippen LogP contribution in [0.3, 0.4) is 0 Å². The van der Waals surface area contributed by atoms with E-state index in [0.717, 1.165) is 11.4 Å². The second-order valence-electron chi connectivity index (χ2n) is 3.67. The summed E-state index contributed by atoms with van der Waals surface area (Å²) < 4.78 is 13.0. The molecule has 3 heteroatoms. The third-order valence-electron chi connectivity index (χ3n) is 2.35. The zero-order valence-corrected chi connectivity index (χ0v) is 9.10. The maximum absolute atomic E-state index is 13.0. The van der Waals surface area contributed by atoms with Crippen molar-refractivity contribution in [2.24, 2.45) is 0 Å². The Morgan fingerprint density at radius 3 is 2.75 bits per heavy atom. The van der Waals surface area contributed by atoms with Gasteiger partial charge in [0.05, 0.1) is 0 Å². The van der Waals surface area contributed by atoms with Gasteiger partial charge in [-0.2, -0.15) is 0 Å². The number of pyridine rings is 1. The highest BCUT2D eigenvalue weighted by Crippen LogP contribution is 2.12. The lowest BCUT2D eigenvalue weighted by molar-refractivity contribution is 0.625. The average molecular weight is 216 g/mol. The molecule has 0 aliphatic carbocycles. The van der Waals surface area contributed by atoms with E-state index in [9.17, 15) is 4.39 Å². The first-order valence-electron chi connectivity index (χ1n) is 5.12. The van der Waals surface area contributed by atoms with Crippen LogP contribution in [0, 0.1) is 5.82 Å². The van der Waals surface area contributed by atoms with Crippen LogP contribution in [-0.4, -0.2) is 12.0 Å². The second-order valence-corrected chi connectivity index (χ2v) is 3.67. The molecular formula is C13H13FN2. The Kier molecular flexibility index (Phi) is 3.15. The summed E-state index contributed by atoms with van der Waals surface area (Å²) in [4.78, 5) is 6.21. The number of nitrogens with zero attached hydrogens (tertiary/aromatic N) is 2. The van der Waals surface area contributed by atoms with Crippen molar-refractivity contribution in [1.82, 2.24) is 4.98 Å². The minimum Gasteiger partial charge on any atom is -0.355 e. The van der Waals surface area contributed by atoms with Crippen LogP contribution in [0.2, 0.25) is 0 Å². The molecule has 0 atom stereocenters. The highest BCUT2D eigenvalue weighted by atomic mass is 19.1. The molecule has 82 valence electrons. The van der Waals surface area contributed by atoms with Gasteiger partial charge in [-0.15, -0.1) is 0 Å². The van der Waals surface area contributed by atoms with Gasteiger partial charge in [0, 0.05) is 19.8 Å². The summed E-state index contributed by atoms with van der Waals surface area (Å²) in [6, 6.07) is 12.4. The molecule has 0 unspecified atom stereocenters. The molecule has 1 aromatic heterocycles. The minimum absolute atomic E-state index is 0.202. The van der Waals surface area contributed by atoms with Crippen LogP contribution in [0.15, 0.2) is 48.7 Å². The lowest BCUT2D eigenvalue weighted by Gasteiger charge is -2.17. The molecule has 2 aromatic rings. The van der Waals surface area contributed by atoms with E-state index in [1.54, 1.807) is 18.3 Å². The van der Waals surface area contributed by atoms with Crippen molar-refractivity contribution in [2.45, 2.75) is 6.54 Å². The van der Waals surface area contributed by atoms with Crippen LogP contribution in [0.4, 0.5) is 10.2 Å². The van der Waals surface area contributed by atoms with E-state index in [0.29, 0.717) is 6.54 Å². The van der Waals surface area contributed by atoms with Crippen LogP contribution in [-0.2, 0) is 6.54 Å². The molecule has 0 amide bonds. The summed E-state index contributed by atoms with van der Waals surface area (Å²) in [5.74, 6) is 0.679. The Bertz CT molecular complexity index is 456. The van der Waals surface area contributed by atoms with Gasteiger partial charge in [0.25, 0.3) is 0 Å². The molecule has 0 spiro atoms. The summed E-state index contributed by atoms with van der Waals surface area (Å²) >= 11 is 0. The molecule has 0 radical (unpaired) electrons. The average Bonchev–Trinajstić information content (AvgIpc) is 2.30. The topological polar surface area (TPSA) is 16.1 Å².